The van der Waals surface area contributed by atoms with Crippen LogP contribution in [0.3, 0.4) is 0 Å². The molecule has 0 aromatic rings. The van der Waals surface area contributed by atoms with E-state index in [9.17, 15) is 0 Å². The van der Waals surface area contributed by atoms with E-state index in [4.69, 9.17) is 0 Å². The SMILES string of the molecule is C1CCC(P(CCCP(C2CCCCC2)C2CCCCC2)C2CCCCC2)CC1.[Cl-].[Cl-].[Ni+2]. The number of hydrogen-bond acceptors (Lipinski definition) is 0. The van der Waals surface area contributed by atoms with Gasteiger partial charge in [0.05, 0.1) is 0 Å². The van der Waals surface area contributed by atoms with E-state index < -0.39 is 0 Å². The Bertz CT molecular complexity index is 367. The molecule has 0 heterocycles. The summed E-state index contributed by atoms with van der Waals surface area (Å²) >= 11 is 0. The van der Waals surface area contributed by atoms with Crippen LogP contribution >= 0.6 is 15.8 Å². The molecule has 0 spiro atoms. The molecule has 0 radical (unpaired) electrons. The Morgan fingerprint density at radius 2 is 0.594 bits per heavy atom. The summed E-state index contributed by atoms with van der Waals surface area (Å²) in [4.78, 5) is 0. The number of halogens is 2. The van der Waals surface area contributed by atoms with Crippen molar-refractivity contribution in [1.29, 1.82) is 0 Å². The van der Waals surface area contributed by atoms with Crippen molar-refractivity contribution in [3.05, 3.63) is 0 Å². The molecule has 0 unspecified atom stereocenters. The number of hydrogen-bond donors (Lipinski definition) is 0. The molecule has 0 aromatic heterocycles. The van der Waals surface area contributed by atoms with Crippen molar-refractivity contribution in [3.63, 3.8) is 0 Å². The second kappa shape index (κ2) is 18.2. The standard InChI is InChI=1S/C27H50P2.2ClH.Ni/c1-5-14-24(15-6-1)28(25-16-7-2-8-17-25)22-13-23-29(26-18-9-3-10-19-26)27-20-11-4-12-21-27;;;/h24-27H,1-23H2;2*1H;/q;;;+2/p-2. The smallest absolute Gasteiger partial charge is 1.00 e. The van der Waals surface area contributed by atoms with Crippen molar-refractivity contribution in [2.24, 2.45) is 0 Å². The Kier molecular flexibility index (Phi) is 18.2. The fourth-order valence-electron chi connectivity index (χ4n) is 7.41. The third-order valence-corrected chi connectivity index (χ3v) is 16.5. The van der Waals surface area contributed by atoms with Crippen LogP contribution in [-0.4, -0.2) is 35.0 Å². The normalized spacial score (nSPS) is 24.6. The summed E-state index contributed by atoms with van der Waals surface area (Å²) in [5.74, 6) is 0. The molecule has 0 atom stereocenters. The van der Waals surface area contributed by atoms with Crippen LogP contribution in [0.15, 0.2) is 0 Å². The van der Waals surface area contributed by atoms with E-state index in [0.717, 1.165) is 0 Å². The monoisotopic (exact) mass is 564 g/mol. The molecule has 0 saturated heterocycles. The molecule has 4 aliphatic carbocycles. The van der Waals surface area contributed by atoms with E-state index in [0.29, 0.717) is 15.8 Å². The fourth-order valence-corrected chi connectivity index (χ4v) is 15.5. The average molecular weight is 566 g/mol. The fraction of sp³-hybridized carbons (Fsp3) is 1.00. The van der Waals surface area contributed by atoms with Crippen LogP contribution in [0.5, 0.6) is 0 Å². The van der Waals surface area contributed by atoms with Gasteiger partial charge in [0.1, 0.15) is 0 Å². The molecule has 5 heteroatoms. The molecule has 0 N–H and O–H groups in total. The third kappa shape index (κ3) is 9.77. The topological polar surface area (TPSA) is 0 Å². The molecule has 0 nitrogen and oxygen atoms in total. The molecular formula is C27H50Cl2NiP2. The Morgan fingerprint density at radius 1 is 0.375 bits per heavy atom. The molecule has 0 amide bonds. The number of rotatable bonds is 8. The minimum atomic E-state index is 0. The molecule has 0 aliphatic heterocycles. The van der Waals surface area contributed by atoms with Gasteiger partial charge in [0.15, 0.2) is 0 Å². The largest absolute Gasteiger partial charge is 2.00 e. The van der Waals surface area contributed by atoms with Crippen LogP contribution in [0.25, 0.3) is 0 Å². The van der Waals surface area contributed by atoms with E-state index >= 15 is 0 Å². The zero-order valence-corrected chi connectivity index (χ0v) is 24.8. The van der Waals surface area contributed by atoms with E-state index in [1.807, 2.05) is 0 Å². The van der Waals surface area contributed by atoms with Gasteiger partial charge in [-0.3, -0.25) is 0 Å². The summed E-state index contributed by atoms with van der Waals surface area (Å²) in [6.07, 6.45) is 36.6. The van der Waals surface area contributed by atoms with Gasteiger partial charge in [0, 0.05) is 0 Å². The van der Waals surface area contributed by atoms with Gasteiger partial charge in [-0.05, 0) is 92.7 Å². The average Bonchev–Trinajstić information content (AvgIpc) is 2.81. The Labute approximate surface area is 226 Å². The minimum absolute atomic E-state index is 0. The molecule has 32 heavy (non-hydrogen) atoms. The van der Waals surface area contributed by atoms with E-state index in [2.05, 4.69) is 0 Å². The Balaban J connectivity index is 0.00000171. The van der Waals surface area contributed by atoms with Gasteiger partial charge in [0.2, 0.25) is 0 Å². The first kappa shape index (κ1) is 32.0. The van der Waals surface area contributed by atoms with Crippen LogP contribution in [0, 0.1) is 0 Å². The van der Waals surface area contributed by atoms with Crippen molar-refractivity contribution < 1.29 is 41.3 Å². The van der Waals surface area contributed by atoms with Crippen molar-refractivity contribution in [3.8, 4) is 0 Å². The first-order chi connectivity index (χ1) is 14.4. The van der Waals surface area contributed by atoms with Gasteiger partial charge in [-0.15, -0.1) is 15.8 Å². The maximum absolute atomic E-state index is 1.68. The molecule has 4 rings (SSSR count). The zero-order valence-electron chi connectivity index (χ0n) is 20.5. The van der Waals surface area contributed by atoms with Crippen molar-refractivity contribution in [2.75, 3.05) is 12.3 Å². The van der Waals surface area contributed by atoms with E-state index in [-0.39, 0.29) is 41.3 Å². The van der Waals surface area contributed by atoms with Crippen molar-refractivity contribution >= 4 is 15.8 Å². The van der Waals surface area contributed by atoms with Crippen LogP contribution in [-0.2, 0) is 16.5 Å². The summed E-state index contributed by atoms with van der Waals surface area (Å²) in [7, 11) is 0.696. The van der Waals surface area contributed by atoms with E-state index in [1.165, 1.54) is 22.6 Å². The van der Waals surface area contributed by atoms with Crippen molar-refractivity contribution in [1.82, 2.24) is 0 Å². The summed E-state index contributed by atoms with van der Waals surface area (Å²) < 4.78 is 0. The second-order valence-corrected chi connectivity index (χ2v) is 16.9. The van der Waals surface area contributed by atoms with Crippen LogP contribution in [0.1, 0.15) is 135 Å². The molecule has 4 fully saturated rings. The van der Waals surface area contributed by atoms with Crippen LogP contribution in [0.4, 0.5) is 0 Å². The maximum atomic E-state index is 1.68. The molecule has 4 aliphatic rings. The minimum Gasteiger partial charge on any atom is -1.00 e. The van der Waals surface area contributed by atoms with Gasteiger partial charge >= 0.3 is 16.5 Å². The van der Waals surface area contributed by atoms with Gasteiger partial charge < -0.3 is 24.8 Å². The first-order valence-electron chi connectivity index (χ1n) is 13.9. The van der Waals surface area contributed by atoms with Crippen LogP contribution in [0.2, 0.25) is 0 Å². The maximum Gasteiger partial charge on any atom is 2.00 e. The van der Waals surface area contributed by atoms with Gasteiger partial charge in [0.25, 0.3) is 0 Å². The van der Waals surface area contributed by atoms with E-state index in [1.54, 1.807) is 147 Å². The molecule has 192 valence electrons. The summed E-state index contributed by atoms with van der Waals surface area (Å²) in [6.45, 7) is 0. The van der Waals surface area contributed by atoms with Gasteiger partial charge in [-0.1, -0.05) is 77.0 Å². The molecule has 0 aromatic carbocycles. The van der Waals surface area contributed by atoms with Crippen LogP contribution < -0.4 is 24.8 Å². The summed E-state index contributed by atoms with van der Waals surface area (Å²) in [6, 6.07) is 0. The molecule has 0 bridgehead atoms. The first-order valence-corrected chi connectivity index (χ1v) is 17.3. The summed E-state index contributed by atoms with van der Waals surface area (Å²) in [5.41, 5.74) is 4.71. The third-order valence-electron chi connectivity index (χ3n) is 9.01. The van der Waals surface area contributed by atoms with Gasteiger partial charge in [-0.2, -0.15) is 0 Å². The Hall–Kier alpha value is 1.93. The molecule has 4 saturated carbocycles. The zero-order chi connectivity index (χ0) is 19.7. The van der Waals surface area contributed by atoms with Crippen molar-refractivity contribution in [2.45, 2.75) is 157 Å². The quantitative estimate of drug-likeness (QED) is 0.311. The molecular weight excluding hydrogens is 516 g/mol. The Morgan fingerprint density at radius 3 is 0.812 bits per heavy atom. The second-order valence-electron chi connectivity index (χ2n) is 11.0. The predicted octanol–water partition coefficient (Wildman–Crippen LogP) is 3.68. The predicted molar refractivity (Wildman–Crippen MR) is 136 cm³/mol. The summed E-state index contributed by atoms with van der Waals surface area (Å²) in [5, 5.41) is 0. The van der Waals surface area contributed by atoms with Gasteiger partial charge in [-0.25, -0.2) is 0 Å².